The molecule has 1 aromatic carbocycles. The minimum Gasteiger partial charge on any atom is -0.497 e. The van der Waals surface area contributed by atoms with Gasteiger partial charge in [-0.2, -0.15) is 0 Å². The second-order valence-electron chi connectivity index (χ2n) is 5.44. The number of methoxy groups -OCH3 is 2. The standard InChI is InChI=1S/C16H24N2O3.ClH/c1-20-14-9-12(10-15(11-14)21-2)3-4-16(19)18-7-5-13(17)6-8-18;/h9-11,13H,3-8,17H2,1-2H3;1H. The van der Waals surface area contributed by atoms with Crippen LogP contribution in [0.15, 0.2) is 18.2 Å². The molecule has 1 fully saturated rings. The first kappa shape index (κ1) is 18.6. The van der Waals surface area contributed by atoms with Crippen molar-refractivity contribution in [1.82, 2.24) is 4.90 Å². The third kappa shape index (κ3) is 5.07. The zero-order valence-corrected chi connectivity index (χ0v) is 14.0. The van der Waals surface area contributed by atoms with Crippen molar-refractivity contribution in [3.8, 4) is 11.5 Å². The van der Waals surface area contributed by atoms with E-state index in [0.717, 1.165) is 43.0 Å². The van der Waals surface area contributed by atoms with Crippen molar-refractivity contribution < 1.29 is 14.3 Å². The first-order valence-corrected chi connectivity index (χ1v) is 7.37. The second kappa shape index (κ2) is 8.86. The molecule has 0 aromatic heterocycles. The van der Waals surface area contributed by atoms with Crippen molar-refractivity contribution in [2.75, 3.05) is 27.3 Å². The van der Waals surface area contributed by atoms with Crippen LogP contribution in [0, 0.1) is 0 Å². The summed E-state index contributed by atoms with van der Waals surface area (Å²) in [6.07, 6.45) is 3.00. The van der Waals surface area contributed by atoms with Gasteiger partial charge in [0.2, 0.25) is 5.91 Å². The lowest BCUT2D eigenvalue weighted by Crippen LogP contribution is -2.42. The number of nitrogens with zero attached hydrogens (tertiary/aromatic N) is 1. The molecule has 1 aromatic rings. The van der Waals surface area contributed by atoms with Crippen LogP contribution in [0.3, 0.4) is 0 Å². The van der Waals surface area contributed by atoms with E-state index in [1.165, 1.54) is 0 Å². The van der Waals surface area contributed by atoms with Gasteiger partial charge in [-0.05, 0) is 37.0 Å². The number of aryl methyl sites for hydroxylation is 1. The average Bonchev–Trinajstić information content (AvgIpc) is 2.52. The molecule has 1 heterocycles. The van der Waals surface area contributed by atoms with Crippen LogP contribution in [0.4, 0.5) is 0 Å². The number of hydrogen-bond donors (Lipinski definition) is 1. The summed E-state index contributed by atoms with van der Waals surface area (Å²) >= 11 is 0. The highest BCUT2D eigenvalue weighted by molar-refractivity contribution is 5.85. The molecule has 22 heavy (non-hydrogen) atoms. The van der Waals surface area contributed by atoms with E-state index in [1.54, 1.807) is 14.2 Å². The van der Waals surface area contributed by atoms with Gasteiger partial charge in [0.25, 0.3) is 0 Å². The summed E-state index contributed by atoms with van der Waals surface area (Å²) in [5.41, 5.74) is 6.91. The van der Waals surface area contributed by atoms with Gasteiger partial charge in [-0.25, -0.2) is 0 Å². The Bertz CT molecular complexity index is 466. The van der Waals surface area contributed by atoms with Crippen LogP contribution in [0.25, 0.3) is 0 Å². The summed E-state index contributed by atoms with van der Waals surface area (Å²) in [6.45, 7) is 1.56. The molecular formula is C16H25ClN2O3. The summed E-state index contributed by atoms with van der Waals surface area (Å²) in [6, 6.07) is 5.97. The molecule has 6 heteroatoms. The van der Waals surface area contributed by atoms with Crippen LogP contribution in [0.5, 0.6) is 11.5 Å². The highest BCUT2D eigenvalue weighted by Gasteiger charge is 2.20. The highest BCUT2D eigenvalue weighted by Crippen LogP contribution is 2.23. The van der Waals surface area contributed by atoms with E-state index in [9.17, 15) is 4.79 Å². The summed E-state index contributed by atoms with van der Waals surface area (Å²) < 4.78 is 10.5. The molecule has 1 aliphatic heterocycles. The zero-order chi connectivity index (χ0) is 15.2. The maximum Gasteiger partial charge on any atom is 0.222 e. The fourth-order valence-electron chi connectivity index (χ4n) is 2.57. The van der Waals surface area contributed by atoms with Gasteiger partial charge in [-0.1, -0.05) is 0 Å². The van der Waals surface area contributed by atoms with Crippen molar-refractivity contribution in [1.29, 1.82) is 0 Å². The molecule has 0 aliphatic carbocycles. The van der Waals surface area contributed by atoms with Crippen LogP contribution in [-0.2, 0) is 11.2 Å². The van der Waals surface area contributed by atoms with Gasteiger partial charge >= 0.3 is 0 Å². The quantitative estimate of drug-likeness (QED) is 0.898. The van der Waals surface area contributed by atoms with Crippen LogP contribution >= 0.6 is 12.4 Å². The Labute approximate surface area is 138 Å². The number of halogens is 1. The third-order valence-corrected chi connectivity index (χ3v) is 3.93. The molecular weight excluding hydrogens is 304 g/mol. The average molecular weight is 329 g/mol. The monoisotopic (exact) mass is 328 g/mol. The predicted octanol–water partition coefficient (Wildman–Crippen LogP) is 2.01. The molecule has 2 rings (SSSR count). The molecule has 0 spiro atoms. The second-order valence-corrected chi connectivity index (χ2v) is 5.44. The number of amides is 1. The lowest BCUT2D eigenvalue weighted by molar-refractivity contribution is -0.132. The van der Waals surface area contributed by atoms with E-state index in [1.807, 2.05) is 23.1 Å². The molecule has 1 saturated heterocycles. The fourth-order valence-corrected chi connectivity index (χ4v) is 2.57. The number of carbonyl (C=O) groups excluding carboxylic acids is 1. The third-order valence-electron chi connectivity index (χ3n) is 3.93. The Morgan fingerprint density at radius 3 is 2.23 bits per heavy atom. The van der Waals surface area contributed by atoms with Crippen LogP contribution in [0.1, 0.15) is 24.8 Å². The molecule has 0 saturated carbocycles. The highest BCUT2D eigenvalue weighted by atomic mass is 35.5. The smallest absolute Gasteiger partial charge is 0.222 e. The molecule has 0 bridgehead atoms. The van der Waals surface area contributed by atoms with Crippen molar-refractivity contribution in [3.63, 3.8) is 0 Å². The molecule has 1 aliphatic rings. The van der Waals surface area contributed by atoms with Gasteiger partial charge in [-0.3, -0.25) is 4.79 Å². The topological polar surface area (TPSA) is 64.8 Å². The summed E-state index contributed by atoms with van der Waals surface area (Å²) in [4.78, 5) is 14.1. The van der Waals surface area contributed by atoms with Gasteiger partial charge in [0.15, 0.2) is 0 Å². The van der Waals surface area contributed by atoms with Crippen molar-refractivity contribution in [2.24, 2.45) is 5.73 Å². The van der Waals surface area contributed by atoms with Gasteiger partial charge in [-0.15, -0.1) is 12.4 Å². The Hall–Kier alpha value is -1.46. The number of nitrogens with two attached hydrogens (primary N) is 1. The van der Waals surface area contributed by atoms with Crippen molar-refractivity contribution in [3.05, 3.63) is 23.8 Å². The largest absolute Gasteiger partial charge is 0.497 e. The fraction of sp³-hybridized carbons (Fsp3) is 0.562. The van der Waals surface area contributed by atoms with Crippen LogP contribution in [-0.4, -0.2) is 44.2 Å². The number of likely N-dealkylation sites (tertiary alicyclic amines) is 1. The van der Waals surface area contributed by atoms with Crippen molar-refractivity contribution in [2.45, 2.75) is 31.7 Å². The van der Waals surface area contributed by atoms with Crippen LogP contribution in [0.2, 0.25) is 0 Å². The molecule has 0 atom stereocenters. The van der Waals surface area contributed by atoms with Crippen LogP contribution < -0.4 is 15.2 Å². The number of carbonyl (C=O) groups is 1. The molecule has 0 unspecified atom stereocenters. The maximum atomic E-state index is 12.2. The Morgan fingerprint density at radius 1 is 1.18 bits per heavy atom. The number of benzene rings is 1. The maximum absolute atomic E-state index is 12.2. The SMILES string of the molecule is COc1cc(CCC(=O)N2CCC(N)CC2)cc(OC)c1.Cl. The zero-order valence-electron chi connectivity index (χ0n) is 13.2. The minimum absolute atomic E-state index is 0. The first-order valence-electron chi connectivity index (χ1n) is 7.37. The summed E-state index contributed by atoms with van der Waals surface area (Å²) in [5, 5.41) is 0. The predicted molar refractivity (Wildman–Crippen MR) is 88.9 cm³/mol. The number of ether oxygens (including phenoxy) is 2. The van der Waals surface area contributed by atoms with Gasteiger partial charge in [0.1, 0.15) is 11.5 Å². The Balaban J connectivity index is 0.00000242. The molecule has 0 radical (unpaired) electrons. The number of hydrogen-bond acceptors (Lipinski definition) is 4. The molecule has 1 amide bonds. The molecule has 124 valence electrons. The minimum atomic E-state index is 0. The molecule has 2 N–H and O–H groups in total. The van der Waals surface area contributed by atoms with Gasteiger partial charge in [0.05, 0.1) is 14.2 Å². The van der Waals surface area contributed by atoms with E-state index < -0.39 is 0 Å². The normalized spacial score (nSPS) is 15.1. The lowest BCUT2D eigenvalue weighted by atomic mass is 10.0. The van der Waals surface area contributed by atoms with Crippen molar-refractivity contribution >= 4 is 18.3 Å². The van der Waals surface area contributed by atoms with E-state index in [-0.39, 0.29) is 24.4 Å². The Kier molecular flexibility index (Phi) is 7.48. The van der Waals surface area contributed by atoms with Gasteiger partial charge in [0, 0.05) is 31.6 Å². The van der Waals surface area contributed by atoms with Gasteiger partial charge < -0.3 is 20.1 Å². The van der Waals surface area contributed by atoms with E-state index in [2.05, 4.69) is 0 Å². The lowest BCUT2D eigenvalue weighted by Gasteiger charge is -2.30. The summed E-state index contributed by atoms with van der Waals surface area (Å²) in [7, 11) is 3.25. The number of rotatable bonds is 5. The summed E-state index contributed by atoms with van der Waals surface area (Å²) in [5.74, 6) is 1.70. The van der Waals surface area contributed by atoms with E-state index in [0.29, 0.717) is 12.8 Å². The van der Waals surface area contributed by atoms with E-state index >= 15 is 0 Å². The number of piperidine rings is 1. The molecule has 5 nitrogen and oxygen atoms in total. The first-order chi connectivity index (χ1) is 10.1. The van der Waals surface area contributed by atoms with E-state index in [4.69, 9.17) is 15.2 Å². The Morgan fingerprint density at radius 2 is 1.73 bits per heavy atom.